The van der Waals surface area contributed by atoms with Gasteiger partial charge >= 0.3 is 11.9 Å². The fourth-order valence-corrected chi connectivity index (χ4v) is 2.76. The van der Waals surface area contributed by atoms with Gasteiger partial charge in [0.15, 0.2) is 0 Å². The third-order valence-electron chi connectivity index (χ3n) is 4.21. The fraction of sp³-hybridized carbons (Fsp3) is 0.333. The van der Waals surface area contributed by atoms with Crippen molar-refractivity contribution in [1.29, 1.82) is 0 Å². The van der Waals surface area contributed by atoms with Gasteiger partial charge in [0.2, 0.25) is 0 Å². The molecule has 5 nitrogen and oxygen atoms in total. The Bertz CT molecular complexity index is 718. The number of rotatable bonds is 7. The Labute approximate surface area is 152 Å². The van der Waals surface area contributed by atoms with Gasteiger partial charge in [-0.2, -0.15) is 0 Å². The second-order valence-electron chi connectivity index (χ2n) is 6.22. The smallest absolute Gasteiger partial charge is 0.338 e. The molecule has 26 heavy (non-hydrogen) atoms. The molecule has 1 aliphatic rings. The molecule has 0 amide bonds. The van der Waals surface area contributed by atoms with E-state index in [4.69, 9.17) is 14.2 Å². The number of carbonyl (C=O) groups excluding carboxylic acids is 2. The Hall–Kier alpha value is -2.66. The molecule has 1 unspecified atom stereocenters. The van der Waals surface area contributed by atoms with Gasteiger partial charge in [0.1, 0.15) is 12.4 Å². The van der Waals surface area contributed by atoms with Crippen LogP contribution < -0.4 is 4.74 Å². The molecular formula is C21H22O5. The van der Waals surface area contributed by atoms with Crippen LogP contribution in [0.3, 0.4) is 0 Å². The molecule has 0 saturated carbocycles. The van der Waals surface area contributed by atoms with E-state index in [9.17, 15) is 9.59 Å². The van der Waals surface area contributed by atoms with Crippen molar-refractivity contribution in [2.24, 2.45) is 0 Å². The van der Waals surface area contributed by atoms with Crippen LogP contribution in [-0.4, -0.2) is 31.3 Å². The van der Waals surface area contributed by atoms with Crippen LogP contribution in [0.15, 0.2) is 54.6 Å². The van der Waals surface area contributed by atoms with E-state index in [1.54, 1.807) is 24.3 Å². The fourth-order valence-electron chi connectivity index (χ4n) is 2.76. The summed E-state index contributed by atoms with van der Waals surface area (Å²) in [5.74, 6) is -0.288. The van der Waals surface area contributed by atoms with Gasteiger partial charge in [-0.05, 0) is 49.1 Å². The average molecular weight is 354 g/mol. The maximum Gasteiger partial charge on any atom is 0.338 e. The third kappa shape index (κ3) is 5.43. The van der Waals surface area contributed by atoms with E-state index in [1.807, 2.05) is 30.3 Å². The Kier molecular flexibility index (Phi) is 6.39. The molecule has 1 fully saturated rings. The number of aryl methyl sites for hydroxylation is 1. The second-order valence-corrected chi connectivity index (χ2v) is 6.22. The maximum atomic E-state index is 12.0. The van der Waals surface area contributed by atoms with Gasteiger partial charge in [0, 0.05) is 13.0 Å². The zero-order valence-corrected chi connectivity index (χ0v) is 14.6. The first-order chi connectivity index (χ1) is 12.7. The topological polar surface area (TPSA) is 61.8 Å². The summed E-state index contributed by atoms with van der Waals surface area (Å²) < 4.78 is 16.0. The van der Waals surface area contributed by atoms with Crippen LogP contribution in [0.5, 0.6) is 5.75 Å². The highest BCUT2D eigenvalue weighted by Gasteiger charge is 2.18. The van der Waals surface area contributed by atoms with Gasteiger partial charge in [0.05, 0.1) is 11.7 Å². The minimum Gasteiger partial charge on any atom is -0.459 e. The van der Waals surface area contributed by atoms with Crippen LogP contribution >= 0.6 is 0 Å². The summed E-state index contributed by atoms with van der Waals surface area (Å²) in [4.78, 5) is 23.9. The summed E-state index contributed by atoms with van der Waals surface area (Å²) in [6.45, 7) is 1.00. The minimum atomic E-state index is -0.401. The van der Waals surface area contributed by atoms with Gasteiger partial charge in [-0.3, -0.25) is 4.79 Å². The SMILES string of the molecule is O=C(CCc1ccccc1)Oc1ccc(C(=O)OCC2CCCO2)cc1. The van der Waals surface area contributed by atoms with Crippen molar-refractivity contribution < 1.29 is 23.8 Å². The van der Waals surface area contributed by atoms with Crippen molar-refractivity contribution in [2.45, 2.75) is 31.8 Å². The predicted octanol–water partition coefficient (Wildman–Crippen LogP) is 3.56. The number of benzene rings is 2. The van der Waals surface area contributed by atoms with E-state index in [0.717, 1.165) is 25.0 Å². The lowest BCUT2D eigenvalue weighted by atomic mass is 10.1. The highest BCUT2D eigenvalue weighted by Crippen LogP contribution is 2.16. The van der Waals surface area contributed by atoms with Crippen molar-refractivity contribution in [1.82, 2.24) is 0 Å². The summed E-state index contributed by atoms with van der Waals surface area (Å²) in [7, 11) is 0. The summed E-state index contributed by atoms with van der Waals surface area (Å²) >= 11 is 0. The maximum absolute atomic E-state index is 12.0. The number of hydrogen-bond acceptors (Lipinski definition) is 5. The lowest BCUT2D eigenvalue weighted by Crippen LogP contribution is -2.17. The quantitative estimate of drug-likeness (QED) is 0.562. The molecule has 2 aromatic rings. The van der Waals surface area contributed by atoms with Crippen LogP contribution in [0.25, 0.3) is 0 Å². The minimum absolute atomic E-state index is 0.00351. The molecule has 0 aliphatic carbocycles. The Morgan fingerprint density at radius 3 is 2.50 bits per heavy atom. The van der Waals surface area contributed by atoms with Gasteiger partial charge in [-0.25, -0.2) is 4.79 Å². The van der Waals surface area contributed by atoms with E-state index in [1.165, 1.54) is 0 Å². The molecule has 0 spiro atoms. The van der Waals surface area contributed by atoms with Crippen molar-refractivity contribution in [3.63, 3.8) is 0 Å². The van der Waals surface area contributed by atoms with Crippen LogP contribution in [0.4, 0.5) is 0 Å². The summed E-state index contributed by atoms with van der Waals surface area (Å²) in [6.07, 6.45) is 2.86. The van der Waals surface area contributed by atoms with Gasteiger partial charge in [0.25, 0.3) is 0 Å². The van der Waals surface area contributed by atoms with E-state index < -0.39 is 5.97 Å². The zero-order chi connectivity index (χ0) is 18.2. The molecule has 1 saturated heterocycles. The largest absolute Gasteiger partial charge is 0.459 e. The monoisotopic (exact) mass is 354 g/mol. The van der Waals surface area contributed by atoms with Crippen LogP contribution in [-0.2, 0) is 20.7 Å². The Morgan fingerprint density at radius 2 is 1.81 bits per heavy atom. The second kappa shape index (κ2) is 9.15. The molecule has 0 aromatic heterocycles. The molecule has 1 heterocycles. The molecule has 5 heteroatoms. The molecule has 0 bridgehead atoms. The zero-order valence-electron chi connectivity index (χ0n) is 14.6. The lowest BCUT2D eigenvalue weighted by Gasteiger charge is -2.10. The normalized spacial score (nSPS) is 16.2. The van der Waals surface area contributed by atoms with E-state index >= 15 is 0 Å². The van der Waals surface area contributed by atoms with Crippen LogP contribution in [0.2, 0.25) is 0 Å². The Morgan fingerprint density at radius 1 is 1.04 bits per heavy atom. The molecule has 136 valence electrons. The highest BCUT2D eigenvalue weighted by molar-refractivity contribution is 5.89. The number of carbonyl (C=O) groups is 2. The van der Waals surface area contributed by atoms with E-state index in [0.29, 0.717) is 24.2 Å². The summed E-state index contributed by atoms with van der Waals surface area (Å²) in [6, 6.07) is 16.2. The van der Waals surface area contributed by atoms with Gasteiger partial charge in [-0.15, -0.1) is 0 Å². The van der Waals surface area contributed by atoms with Gasteiger partial charge < -0.3 is 14.2 Å². The molecule has 1 aliphatic heterocycles. The van der Waals surface area contributed by atoms with Crippen molar-refractivity contribution in [3.05, 3.63) is 65.7 Å². The molecule has 3 rings (SSSR count). The summed E-state index contributed by atoms with van der Waals surface area (Å²) in [5, 5.41) is 0. The first kappa shape index (κ1) is 18.1. The first-order valence-electron chi connectivity index (χ1n) is 8.84. The molecule has 0 radical (unpaired) electrons. The molecule has 1 atom stereocenters. The van der Waals surface area contributed by atoms with Crippen LogP contribution in [0, 0.1) is 0 Å². The van der Waals surface area contributed by atoms with Crippen molar-refractivity contribution in [2.75, 3.05) is 13.2 Å². The van der Waals surface area contributed by atoms with Crippen LogP contribution in [0.1, 0.15) is 35.2 Å². The average Bonchev–Trinajstić information content (AvgIpc) is 3.19. The standard InChI is InChI=1S/C21H22O5/c22-20(13-8-16-5-2-1-3-6-16)26-18-11-9-17(10-12-18)21(23)25-15-19-7-4-14-24-19/h1-3,5-6,9-12,19H,4,7-8,13-15H2. The predicted molar refractivity (Wildman–Crippen MR) is 96.1 cm³/mol. The molecule has 0 N–H and O–H groups in total. The molecule has 2 aromatic carbocycles. The first-order valence-corrected chi connectivity index (χ1v) is 8.84. The third-order valence-corrected chi connectivity index (χ3v) is 4.21. The number of esters is 2. The summed E-state index contributed by atoms with van der Waals surface area (Å²) in [5.41, 5.74) is 1.51. The van der Waals surface area contributed by atoms with E-state index in [-0.39, 0.29) is 18.7 Å². The van der Waals surface area contributed by atoms with E-state index in [2.05, 4.69) is 0 Å². The highest BCUT2D eigenvalue weighted by atomic mass is 16.6. The van der Waals surface area contributed by atoms with Gasteiger partial charge in [-0.1, -0.05) is 30.3 Å². The van der Waals surface area contributed by atoms with Crippen molar-refractivity contribution in [3.8, 4) is 5.75 Å². The van der Waals surface area contributed by atoms with Crippen molar-refractivity contribution >= 4 is 11.9 Å². The number of hydrogen-bond donors (Lipinski definition) is 0. The Balaban J connectivity index is 1.44. The lowest BCUT2D eigenvalue weighted by molar-refractivity contribution is -0.134. The molecular weight excluding hydrogens is 332 g/mol. The number of ether oxygens (including phenoxy) is 3.